The Morgan fingerprint density at radius 1 is 0.826 bits per heavy atom. The molecule has 2 nitrogen and oxygen atoms in total. The molecule has 0 bridgehead atoms. The maximum absolute atomic E-state index is 9.04. The highest BCUT2D eigenvalue weighted by atomic mass is 32.2. The van der Waals surface area contributed by atoms with Gasteiger partial charge >= 0.3 is 0 Å². The number of fused-ring (bicyclic) bond motifs is 1. The van der Waals surface area contributed by atoms with Crippen LogP contribution in [0.5, 0.6) is 5.75 Å². The van der Waals surface area contributed by atoms with Crippen molar-refractivity contribution < 1.29 is 9.84 Å². The van der Waals surface area contributed by atoms with Gasteiger partial charge in [-0.15, -0.1) is 0 Å². The molecule has 0 aliphatic heterocycles. The predicted molar refractivity (Wildman–Crippen MR) is 98.0 cm³/mol. The molecule has 3 heteroatoms. The number of benzene rings is 3. The molecule has 0 saturated heterocycles. The Labute approximate surface area is 141 Å². The van der Waals surface area contributed by atoms with E-state index >= 15 is 0 Å². The number of ether oxygens (including phenoxy) is 1. The quantitative estimate of drug-likeness (QED) is 0.642. The SMILES string of the molecule is OCc1ccc(CSCCOc2cccc3ccccc23)cc1. The fraction of sp³-hybridized carbons (Fsp3) is 0.200. The summed E-state index contributed by atoms with van der Waals surface area (Å²) in [4.78, 5) is 0. The number of aliphatic hydroxyl groups is 1. The van der Waals surface area contributed by atoms with E-state index in [9.17, 15) is 0 Å². The standard InChI is InChI=1S/C20H20O2S/c21-14-16-8-10-17(11-9-16)15-23-13-12-22-20-7-3-5-18-4-1-2-6-19(18)20/h1-11,21H,12-15H2. The second-order valence-corrected chi connectivity index (χ2v) is 6.46. The fourth-order valence-electron chi connectivity index (χ4n) is 2.46. The molecule has 0 unspecified atom stereocenters. The lowest BCUT2D eigenvalue weighted by Crippen LogP contribution is -2.01. The van der Waals surface area contributed by atoms with Gasteiger partial charge in [-0.05, 0) is 22.6 Å². The van der Waals surface area contributed by atoms with Crippen LogP contribution in [-0.4, -0.2) is 17.5 Å². The first kappa shape index (κ1) is 15.9. The maximum atomic E-state index is 9.04. The first-order valence-electron chi connectivity index (χ1n) is 7.74. The van der Waals surface area contributed by atoms with E-state index in [0.717, 1.165) is 22.8 Å². The molecule has 0 heterocycles. The third-order valence-corrected chi connectivity index (χ3v) is 4.70. The molecule has 0 aliphatic carbocycles. The minimum atomic E-state index is 0.103. The van der Waals surface area contributed by atoms with Gasteiger partial charge in [0.25, 0.3) is 0 Å². The summed E-state index contributed by atoms with van der Waals surface area (Å²) >= 11 is 1.86. The normalized spacial score (nSPS) is 10.8. The summed E-state index contributed by atoms with van der Waals surface area (Å²) in [6.45, 7) is 0.805. The van der Waals surface area contributed by atoms with Crippen LogP contribution >= 0.6 is 11.8 Å². The number of aliphatic hydroxyl groups excluding tert-OH is 1. The van der Waals surface area contributed by atoms with Gasteiger partial charge in [0.2, 0.25) is 0 Å². The van der Waals surface area contributed by atoms with Crippen molar-refractivity contribution in [1.82, 2.24) is 0 Å². The highest BCUT2D eigenvalue weighted by Gasteiger charge is 2.01. The van der Waals surface area contributed by atoms with E-state index in [-0.39, 0.29) is 6.61 Å². The summed E-state index contributed by atoms with van der Waals surface area (Å²) in [5.41, 5.74) is 2.23. The van der Waals surface area contributed by atoms with Gasteiger partial charge < -0.3 is 9.84 Å². The van der Waals surface area contributed by atoms with Crippen LogP contribution in [0.1, 0.15) is 11.1 Å². The van der Waals surface area contributed by atoms with Gasteiger partial charge in [0, 0.05) is 16.9 Å². The molecular weight excluding hydrogens is 304 g/mol. The van der Waals surface area contributed by atoms with Crippen molar-refractivity contribution in [3.63, 3.8) is 0 Å². The Morgan fingerprint density at radius 2 is 1.57 bits per heavy atom. The van der Waals surface area contributed by atoms with E-state index in [2.05, 4.69) is 30.3 Å². The molecule has 0 radical (unpaired) electrons. The summed E-state index contributed by atoms with van der Waals surface area (Å²) in [7, 11) is 0. The van der Waals surface area contributed by atoms with Gasteiger partial charge in [0.05, 0.1) is 13.2 Å². The molecule has 0 atom stereocenters. The minimum Gasteiger partial charge on any atom is -0.492 e. The molecule has 23 heavy (non-hydrogen) atoms. The largest absolute Gasteiger partial charge is 0.492 e. The van der Waals surface area contributed by atoms with Crippen molar-refractivity contribution in [2.45, 2.75) is 12.4 Å². The Hall–Kier alpha value is -1.97. The molecule has 3 aromatic rings. The van der Waals surface area contributed by atoms with E-state index < -0.39 is 0 Å². The van der Waals surface area contributed by atoms with Crippen molar-refractivity contribution in [3.05, 3.63) is 77.9 Å². The zero-order valence-electron chi connectivity index (χ0n) is 12.9. The van der Waals surface area contributed by atoms with Crippen molar-refractivity contribution in [3.8, 4) is 5.75 Å². The fourth-order valence-corrected chi connectivity index (χ4v) is 3.24. The van der Waals surface area contributed by atoms with Crippen LogP contribution in [0.4, 0.5) is 0 Å². The van der Waals surface area contributed by atoms with Crippen LogP contribution in [0.25, 0.3) is 10.8 Å². The summed E-state index contributed by atoms with van der Waals surface area (Å²) in [6.07, 6.45) is 0. The van der Waals surface area contributed by atoms with Crippen molar-refractivity contribution in [1.29, 1.82) is 0 Å². The van der Waals surface area contributed by atoms with Crippen LogP contribution in [0.2, 0.25) is 0 Å². The average Bonchev–Trinajstić information content (AvgIpc) is 2.62. The molecule has 0 amide bonds. The Bertz CT molecular complexity index is 748. The Kier molecular flexibility index (Phi) is 5.56. The zero-order chi connectivity index (χ0) is 15.9. The van der Waals surface area contributed by atoms with Crippen LogP contribution in [0.3, 0.4) is 0 Å². The highest BCUT2D eigenvalue weighted by Crippen LogP contribution is 2.25. The van der Waals surface area contributed by atoms with Gasteiger partial charge in [0.15, 0.2) is 0 Å². The van der Waals surface area contributed by atoms with Gasteiger partial charge in [0.1, 0.15) is 5.75 Å². The number of hydrogen-bond acceptors (Lipinski definition) is 3. The summed E-state index contributed by atoms with van der Waals surface area (Å²) in [5, 5.41) is 11.4. The lowest BCUT2D eigenvalue weighted by atomic mass is 10.1. The Morgan fingerprint density at radius 3 is 2.39 bits per heavy atom. The molecule has 0 fully saturated rings. The van der Waals surface area contributed by atoms with E-state index in [4.69, 9.17) is 9.84 Å². The van der Waals surface area contributed by atoms with E-state index in [0.29, 0.717) is 6.61 Å². The summed E-state index contributed by atoms with van der Waals surface area (Å²) in [5.74, 6) is 2.87. The van der Waals surface area contributed by atoms with Crippen molar-refractivity contribution in [2.24, 2.45) is 0 Å². The molecule has 0 spiro atoms. The molecule has 1 N–H and O–H groups in total. The summed E-state index contributed by atoms with van der Waals surface area (Å²) < 4.78 is 5.94. The molecule has 0 saturated carbocycles. The number of thioether (sulfide) groups is 1. The van der Waals surface area contributed by atoms with Gasteiger partial charge in [-0.25, -0.2) is 0 Å². The zero-order valence-corrected chi connectivity index (χ0v) is 13.8. The van der Waals surface area contributed by atoms with E-state index in [1.165, 1.54) is 16.3 Å². The summed E-state index contributed by atoms with van der Waals surface area (Å²) in [6, 6.07) is 22.6. The predicted octanol–water partition coefficient (Wildman–Crippen LogP) is 4.64. The van der Waals surface area contributed by atoms with Crippen LogP contribution in [0, 0.1) is 0 Å². The second kappa shape index (κ2) is 8.04. The van der Waals surface area contributed by atoms with Crippen molar-refractivity contribution in [2.75, 3.05) is 12.4 Å². The molecule has 0 aromatic heterocycles. The molecular formula is C20H20O2S. The highest BCUT2D eigenvalue weighted by molar-refractivity contribution is 7.98. The molecule has 0 aliphatic rings. The van der Waals surface area contributed by atoms with Crippen LogP contribution < -0.4 is 4.74 Å². The first-order chi connectivity index (χ1) is 11.4. The lowest BCUT2D eigenvalue weighted by molar-refractivity contribution is 0.282. The maximum Gasteiger partial charge on any atom is 0.127 e. The van der Waals surface area contributed by atoms with E-state index in [1.54, 1.807) is 0 Å². The van der Waals surface area contributed by atoms with Gasteiger partial charge in [-0.2, -0.15) is 11.8 Å². The van der Waals surface area contributed by atoms with Gasteiger partial charge in [-0.3, -0.25) is 0 Å². The molecule has 3 rings (SSSR count). The van der Waals surface area contributed by atoms with Crippen LogP contribution in [-0.2, 0) is 12.4 Å². The Balaban J connectivity index is 1.47. The minimum absolute atomic E-state index is 0.103. The topological polar surface area (TPSA) is 29.5 Å². The monoisotopic (exact) mass is 324 g/mol. The lowest BCUT2D eigenvalue weighted by Gasteiger charge is -2.09. The molecule has 3 aromatic carbocycles. The third-order valence-electron chi connectivity index (χ3n) is 3.71. The number of rotatable bonds is 7. The third kappa shape index (κ3) is 4.27. The number of hydrogen-bond donors (Lipinski definition) is 1. The first-order valence-corrected chi connectivity index (χ1v) is 8.89. The smallest absolute Gasteiger partial charge is 0.127 e. The second-order valence-electron chi connectivity index (χ2n) is 5.35. The van der Waals surface area contributed by atoms with E-state index in [1.807, 2.05) is 48.2 Å². The average molecular weight is 324 g/mol. The van der Waals surface area contributed by atoms with Crippen molar-refractivity contribution >= 4 is 22.5 Å². The van der Waals surface area contributed by atoms with Gasteiger partial charge in [-0.1, -0.05) is 60.7 Å². The molecule has 118 valence electrons. The van der Waals surface area contributed by atoms with Crippen LogP contribution in [0.15, 0.2) is 66.7 Å².